The maximum atomic E-state index is 12.6. The minimum Gasteiger partial charge on any atom is -0.369 e. The average molecular weight is 399 g/mol. The van der Waals surface area contributed by atoms with Gasteiger partial charge < -0.3 is 14.5 Å². The van der Waals surface area contributed by atoms with Crippen LogP contribution in [0.25, 0.3) is 0 Å². The number of hydrogen-bond donors (Lipinski definition) is 0. The van der Waals surface area contributed by atoms with Gasteiger partial charge in [0.25, 0.3) is 5.91 Å². The molecule has 0 radical (unpaired) electrons. The van der Waals surface area contributed by atoms with E-state index in [0.29, 0.717) is 11.7 Å². The lowest BCUT2D eigenvalue weighted by atomic mass is 9.84. The van der Waals surface area contributed by atoms with Crippen molar-refractivity contribution >= 4 is 17.2 Å². The molecule has 7 heteroatoms. The molecule has 2 fully saturated rings. The smallest absolute Gasteiger partial charge is 0.274 e. The van der Waals surface area contributed by atoms with Crippen LogP contribution in [-0.4, -0.2) is 64.5 Å². The molecule has 0 atom stereocenters. The highest BCUT2D eigenvalue weighted by atomic mass is 32.1. The first-order valence-corrected chi connectivity index (χ1v) is 11.1. The quantitative estimate of drug-likeness (QED) is 0.779. The van der Waals surface area contributed by atoms with Gasteiger partial charge in [-0.25, -0.2) is 4.98 Å². The topological polar surface area (TPSA) is 58.6 Å². The lowest BCUT2D eigenvalue weighted by Crippen LogP contribution is -2.52. The summed E-state index contributed by atoms with van der Waals surface area (Å²) < 4.78 is 6.34. The van der Waals surface area contributed by atoms with E-state index in [1.807, 2.05) is 16.2 Å². The molecule has 6 nitrogen and oxygen atoms in total. The van der Waals surface area contributed by atoms with Gasteiger partial charge in [0.2, 0.25) is 0 Å². The van der Waals surface area contributed by atoms with Gasteiger partial charge in [0.1, 0.15) is 11.3 Å². The number of hydrogen-bond acceptors (Lipinski definition) is 6. The standard InChI is InChI=1S/C21H26N4O2S/c26-20(18-15-22-7-8-23-18)25-9-1-17(2-10-25)24-11-5-21(6-12-24)19-16(3-13-27-21)4-14-28-19/h4,7-8,14-15,17H,1-3,5-6,9-13H2. The van der Waals surface area contributed by atoms with E-state index in [1.165, 1.54) is 10.4 Å². The molecule has 0 N–H and O–H groups in total. The minimum absolute atomic E-state index is 0.00461. The first-order chi connectivity index (χ1) is 13.8. The summed E-state index contributed by atoms with van der Waals surface area (Å²) in [5, 5.41) is 2.22. The Labute approximate surface area is 169 Å². The van der Waals surface area contributed by atoms with E-state index < -0.39 is 0 Å². The van der Waals surface area contributed by atoms with Crippen molar-refractivity contribution < 1.29 is 9.53 Å². The molecular weight excluding hydrogens is 372 g/mol. The maximum Gasteiger partial charge on any atom is 0.274 e. The first kappa shape index (κ1) is 18.2. The molecule has 1 amide bonds. The normalized spacial score (nSPS) is 22.9. The van der Waals surface area contributed by atoms with Crippen molar-refractivity contribution in [2.75, 3.05) is 32.8 Å². The molecule has 28 heavy (non-hydrogen) atoms. The van der Waals surface area contributed by atoms with Gasteiger partial charge in [-0.2, -0.15) is 0 Å². The van der Waals surface area contributed by atoms with Gasteiger partial charge in [0.15, 0.2) is 0 Å². The van der Waals surface area contributed by atoms with Crippen LogP contribution in [0, 0.1) is 0 Å². The zero-order valence-electron chi connectivity index (χ0n) is 16.0. The van der Waals surface area contributed by atoms with E-state index >= 15 is 0 Å². The van der Waals surface area contributed by atoms with Crippen LogP contribution >= 0.6 is 11.3 Å². The third kappa shape index (κ3) is 3.25. The number of rotatable bonds is 2. The van der Waals surface area contributed by atoms with Gasteiger partial charge in [0, 0.05) is 49.5 Å². The monoisotopic (exact) mass is 398 g/mol. The highest BCUT2D eigenvalue weighted by molar-refractivity contribution is 7.10. The number of thiophene rings is 1. The molecule has 0 aliphatic carbocycles. The van der Waals surface area contributed by atoms with E-state index in [9.17, 15) is 4.79 Å². The Hall–Kier alpha value is -1.83. The molecule has 3 aliphatic heterocycles. The summed E-state index contributed by atoms with van der Waals surface area (Å²) in [4.78, 5) is 26.8. The summed E-state index contributed by atoms with van der Waals surface area (Å²) in [6.07, 6.45) is 10.0. The first-order valence-electron chi connectivity index (χ1n) is 10.3. The third-order valence-corrected chi connectivity index (χ3v) is 7.71. The molecule has 0 unspecified atom stereocenters. The summed E-state index contributed by atoms with van der Waals surface area (Å²) in [5.74, 6) is 0.00461. The molecule has 5 rings (SSSR count). The Kier molecular flexibility index (Phi) is 4.90. The molecular formula is C21H26N4O2S. The van der Waals surface area contributed by atoms with Gasteiger partial charge in [-0.3, -0.25) is 9.78 Å². The molecule has 2 aromatic rings. The van der Waals surface area contributed by atoms with Crippen molar-refractivity contribution in [3.63, 3.8) is 0 Å². The number of amides is 1. The van der Waals surface area contributed by atoms with Gasteiger partial charge in [-0.1, -0.05) is 0 Å². The van der Waals surface area contributed by atoms with Crippen molar-refractivity contribution in [1.82, 2.24) is 19.8 Å². The largest absolute Gasteiger partial charge is 0.369 e. The van der Waals surface area contributed by atoms with E-state index in [2.05, 4.69) is 26.3 Å². The molecule has 5 heterocycles. The predicted molar refractivity (Wildman–Crippen MR) is 107 cm³/mol. The number of carbonyl (C=O) groups excluding carboxylic acids is 1. The Balaban J connectivity index is 1.18. The number of aromatic nitrogens is 2. The molecule has 3 aliphatic rings. The SMILES string of the molecule is O=C(c1cnccn1)N1CCC(N2CCC3(CC2)OCCc2ccsc23)CC1. The molecule has 148 valence electrons. The zero-order chi connectivity index (χ0) is 19.0. The molecule has 0 saturated carbocycles. The van der Waals surface area contributed by atoms with Crippen LogP contribution in [0.4, 0.5) is 0 Å². The van der Waals surface area contributed by atoms with E-state index in [-0.39, 0.29) is 11.5 Å². The van der Waals surface area contributed by atoms with Crippen molar-refractivity contribution in [2.24, 2.45) is 0 Å². The molecule has 2 saturated heterocycles. The summed E-state index contributed by atoms with van der Waals surface area (Å²) in [7, 11) is 0. The van der Waals surface area contributed by atoms with Crippen LogP contribution in [0.1, 0.15) is 46.6 Å². The molecule has 0 aromatic carbocycles. The highest BCUT2D eigenvalue weighted by Crippen LogP contribution is 2.44. The van der Waals surface area contributed by atoms with Crippen LogP contribution in [-0.2, 0) is 16.8 Å². The molecule has 2 aromatic heterocycles. The summed E-state index contributed by atoms with van der Waals surface area (Å²) in [6, 6.07) is 2.84. The fourth-order valence-corrected chi connectivity index (χ4v) is 6.15. The Bertz CT molecular complexity index is 824. The van der Waals surface area contributed by atoms with Gasteiger partial charge in [-0.15, -0.1) is 11.3 Å². The van der Waals surface area contributed by atoms with Crippen LogP contribution < -0.4 is 0 Å². The van der Waals surface area contributed by atoms with Crippen molar-refractivity contribution in [2.45, 2.75) is 43.7 Å². The fourth-order valence-electron chi connectivity index (χ4n) is 4.98. The Morgan fingerprint density at radius 1 is 1.18 bits per heavy atom. The van der Waals surface area contributed by atoms with Gasteiger partial charge >= 0.3 is 0 Å². The fraction of sp³-hybridized carbons (Fsp3) is 0.571. The van der Waals surface area contributed by atoms with Crippen molar-refractivity contribution in [1.29, 1.82) is 0 Å². The van der Waals surface area contributed by atoms with Crippen LogP contribution in [0.15, 0.2) is 30.0 Å². The summed E-state index contributed by atoms with van der Waals surface area (Å²) >= 11 is 1.87. The second-order valence-electron chi connectivity index (χ2n) is 8.02. The third-order valence-electron chi connectivity index (χ3n) is 6.57. The minimum atomic E-state index is -0.0408. The summed E-state index contributed by atoms with van der Waals surface area (Å²) in [5.41, 5.74) is 1.91. The van der Waals surface area contributed by atoms with E-state index in [1.54, 1.807) is 18.6 Å². The van der Waals surface area contributed by atoms with Crippen molar-refractivity contribution in [3.05, 3.63) is 46.2 Å². The molecule has 1 spiro atoms. The van der Waals surface area contributed by atoms with Gasteiger partial charge in [0.05, 0.1) is 12.8 Å². The number of piperidine rings is 2. The second kappa shape index (κ2) is 7.54. The van der Waals surface area contributed by atoms with Crippen molar-refractivity contribution in [3.8, 4) is 0 Å². The van der Waals surface area contributed by atoms with Crippen LogP contribution in [0.2, 0.25) is 0 Å². The van der Waals surface area contributed by atoms with E-state index in [0.717, 1.165) is 64.9 Å². The van der Waals surface area contributed by atoms with Crippen LogP contribution in [0.3, 0.4) is 0 Å². The lowest BCUT2D eigenvalue weighted by Gasteiger charge is -2.47. The predicted octanol–water partition coefficient (Wildman–Crippen LogP) is 2.71. The maximum absolute atomic E-state index is 12.6. The summed E-state index contributed by atoms with van der Waals surface area (Å²) in [6.45, 7) is 4.62. The van der Waals surface area contributed by atoms with E-state index in [4.69, 9.17) is 4.74 Å². The highest BCUT2D eigenvalue weighted by Gasteiger charge is 2.43. The van der Waals surface area contributed by atoms with Crippen LogP contribution in [0.5, 0.6) is 0 Å². The number of fused-ring (bicyclic) bond motifs is 2. The number of carbonyl (C=O) groups is 1. The number of ether oxygens (including phenoxy) is 1. The van der Waals surface area contributed by atoms with Gasteiger partial charge in [-0.05, 0) is 49.1 Å². The Morgan fingerprint density at radius 3 is 2.75 bits per heavy atom. The Morgan fingerprint density at radius 2 is 2.00 bits per heavy atom. The molecule has 0 bridgehead atoms. The number of nitrogens with zero attached hydrogens (tertiary/aromatic N) is 4. The average Bonchev–Trinajstić information content (AvgIpc) is 3.25. The lowest BCUT2D eigenvalue weighted by molar-refractivity contribution is -0.102. The second-order valence-corrected chi connectivity index (χ2v) is 8.93. The zero-order valence-corrected chi connectivity index (χ0v) is 16.9. The number of likely N-dealkylation sites (tertiary alicyclic amines) is 2.